The van der Waals surface area contributed by atoms with Crippen molar-refractivity contribution in [3.8, 4) is 5.75 Å². The van der Waals surface area contributed by atoms with Crippen LogP contribution in [-0.4, -0.2) is 17.6 Å². The number of benzene rings is 2. The average Bonchev–Trinajstić information content (AvgIpc) is 2.94. The highest BCUT2D eigenvalue weighted by atomic mass is 16.5. The van der Waals surface area contributed by atoms with Gasteiger partial charge in [-0.3, -0.25) is 4.79 Å². The minimum atomic E-state index is -0.0739. The lowest BCUT2D eigenvalue weighted by Crippen LogP contribution is -2.23. The summed E-state index contributed by atoms with van der Waals surface area (Å²) in [5, 5.41) is 4.03. The molecule has 1 amide bonds. The molecule has 4 heteroatoms. The van der Waals surface area contributed by atoms with Gasteiger partial charge in [-0.1, -0.05) is 24.3 Å². The Morgan fingerprint density at radius 1 is 1.18 bits per heavy atom. The third kappa shape index (κ3) is 2.68. The van der Waals surface area contributed by atoms with Crippen molar-refractivity contribution in [2.24, 2.45) is 7.05 Å². The zero-order chi connectivity index (χ0) is 15.5. The molecule has 0 atom stereocenters. The fraction of sp³-hybridized carbons (Fsp3) is 0.167. The number of carbonyl (C=O) groups is 1. The second-order valence-corrected chi connectivity index (χ2v) is 5.20. The Hall–Kier alpha value is -2.75. The smallest absolute Gasteiger partial charge is 0.253 e. The van der Waals surface area contributed by atoms with Gasteiger partial charge in [0, 0.05) is 25.2 Å². The first-order chi connectivity index (χ1) is 10.7. The van der Waals surface area contributed by atoms with Gasteiger partial charge in [0.1, 0.15) is 5.75 Å². The maximum Gasteiger partial charge on any atom is 0.253 e. The normalized spacial score (nSPS) is 10.6. The third-order valence-corrected chi connectivity index (χ3v) is 3.73. The van der Waals surface area contributed by atoms with E-state index in [1.54, 1.807) is 7.11 Å². The number of nitrogens with zero attached hydrogens (tertiary/aromatic N) is 1. The average molecular weight is 294 g/mol. The topological polar surface area (TPSA) is 43.3 Å². The van der Waals surface area contributed by atoms with Gasteiger partial charge in [0.15, 0.2) is 0 Å². The number of hydrogen-bond acceptors (Lipinski definition) is 2. The van der Waals surface area contributed by atoms with E-state index in [0.29, 0.717) is 12.1 Å². The van der Waals surface area contributed by atoms with E-state index in [1.807, 2.05) is 66.3 Å². The number of aromatic nitrogens is 1. The highest BCUT2D eigenvalue weighted by Crippen LogP contribution is 2.19. The van der Waals surface area contributed by atoms with Gasteiger partial charge in [-0.15, -0.1) is 0 Å². The molecule has 3 aromatic rings. The number of amides is 1. The first-order valence-electron chi connectivity index (χ1n) is 7.14. The van der Waals surface area contributed by atoms with Gasteiger partial charge in [-0.25, -0.2) is 0 Å². The van der Waals surface area contributed by atoms with Crippen LogP contribution >= 0.6 is 0 Å². The molecule has 1 aromatic heterocycles. The number of aryl methyl sites for hydroxylation is 1. The highest BCUT2D eigenvalue weighted by molar-refractivity contribution is 6.05. The Balaban J connectivity index is 1.80. The van der Waals surface area contributed by atoms with E-state index in [-0.39, 0.29) is 5.91 Å². The molecule has 22 heavy (non-hydrogen) atoms. The van der Waals surface area contributed by atoms with E-state index in [9.17, 15) is 4.79 Å². The summed E-state index contributed by atoms with van der Waals surface area (Å²) in [4.78, 5) is 12.5. The maximum absolute atomic E-state index is 12.5. The summed E-state index contributed by atoms with van der Waals surface area (Å²) in [6.07, 6.45) is 1.96. The molecule has 1 N–H and O–H groups in total. The fourth-order valence-corrected chi connectivity index (χ4v) is 2.60. The van der Waals surface area contributed by atoms with Gasteiger partial charge in [0.05, 0.1) is 18.2 Å². The lowest BCUT2D eigenvalue weighted by atomic mass is 10.1. The number of nitrogens with one attached hydrogen (secondary N) is 1. The predicted molar refractivity (Wildman–Crippen MR) is 87.1 cm³/mol. The Kier molecular flexibility index (Phi) is 3.83. The summed E-state index contributed by atoms with van der Waals surface area (Å²) in [6.45, 7) is 0.469. The monoisotopic (exact) mass is 294 g/mol. The van der Waals surface area contributed by atoms with Crippen molar-refractivity contribution in [3.63, 3.8) is 0 Å². The molecule has 0 spiro atoms. The summed E-state index contributed by atoms with van der Waals surface area (Å²) in [7, 11) is 3.58. The van der Waals surface area contributed by atoms with E-state index in [4.69, 9.17) is 4.74 Å². The van der Waals surface area contributed by atoms with Crippen LogP contribution in [0.5, 0.6) is 5.75 Å². The molecule has 0 saturated carbocycles. The predicted octanol–water partition coefficient (Wildman–Crippen LogP) is 3.12. The van der Waals surface area contributed by atoms with Crippen LogP contribution in [-0.2, 0) is 13.6 Å². The van der Waals surface area contributed by atoms with Gasteiger partial charge < -0.3 is 14.6 Å². The van der Waals surface area contributed by atoms with Crippen LogP contribution < -0.4 is 10.1 Å². The van der Waals surface area contributed by atoms with Crippen molar-refractivity contribution in [1.29, 1.82) is 0 Å². The van der Waals surface area contributed by atoms with Crippen molar-refractivity contribution < 1.29 is 9.53 Å². The van der Waals surface area contributed by atoms with Gasteiger partial charge in [0.25, 0.3) is 5.91 Å². The van der Waals surface area contributed by atoms with Crippen molar-refractivity contribution in [2.75, 3.05) is 7.11 Å². The third-order valence-electron chi connectivity index (χ3n) is 3.73. The number of ether oxygens (including phenoxy) is 1. The lowest BCUT2D eigenvalue weighted by Gasteiger charge is -2.09. The molecular formula is C18H18N2O2. The molecule has 0 saturated heterocycles. The number of methoxy groups -OCH3 is 1. The van der Waals surface area contributed by atoms with Crippen LogP contribution in [0.2, 0.25) is 0 Å². The second kappa shape index (κ2) is 5.93. The van der Waals surface area contributed by atoms with E-state index < -0.39 is 0 Å². The Morgan fingerprint density at radius 2 is 2.00 bits per heavy atom. The van der Waals surface area contributed by atoms with Gasteiger partial charge >= 0.3 is 0 Å². The van der Waals surface area contributed by atoms with Crippen LogP contribution in [0.4, 0.5) is 0 Å². The summed E-state index contributed by atoms with van der Waals surface area (Å²) in [5.41, 5.74) is 2.64. The highest BCUT2D eigenvalue weighted by Gasteiger charge is 2.12. The summed E-state index contributed by atoms with van der Waals surface area (Å²) < 4.78 is 7.16. The Morgan fingerprint density at radius 3 is 2.82 bits per heavy atom. The molecule has 2 aromatic carbocycles. The van der Waals surface area contributed by atoms with Gasteiger partial charge in [-0.05, 0) is 29.8 Å². The van der Waals surface area contributed by atoms with Crippen molar-refractivity contribution in [1.82, 2.24) is 9.88 Å². The van der Waals surface area contributed by atoms with Crippen molar-refractivity contribution >= 4 is 16.8 Å². The number of rotatable bonds is 4. The number of carbonyl (C=O) groups excluding carboxylic acids is 1. The van der Waals surface area contributed by atoms with E-state index in [2.05, 4.69) is 5.32 Å². The van der Waals surface area contributed by atoms with E-state index in [1.165, 1.54) is 0 Å². The molecule has 0 fully saturated rings. The zero-order valence-corrected chi connectivity index (χ0v) is 12.7. The molecular weight excluding hydrogens is 276 g/mol. The first kappa shape index (κ1) is 14.2. The molecule has 0 aliphatic carbocycles. The van der Waals surface area contributed by atoms with Crippen LogP contribution in [0, 0.1) is 0 Å². The van der Waals surface area contributed by atoms with Crippen LogP contribution in [0.25, 0.3) is 10.9 Å². The van der Waals surface area contributed by atoms with Crippen molar-refractivity contribution in [3.05, 3.63) is 65.9 Å². The van der Waals surface area contributed by atoms with Crippen LogP contribution in [0.3, 0.4) is 0 Å². The Labute approximate surface area is 129 Å². The summed E-state index contributed by atoms with van der Waals surface area (Å²) in [6, 6.07) is 15.5. The molecule has 3 rings (SSSR count). The zero-order valence-electron chi connectivity index (χ0n) is 12.7. The summed E-state index contributed by atoms with van der Waals surface area (Å²) in [5.74, 6) is 0.714. The van der Waals surface area contributed by atoms with Gasteiger partial charge in [-0.2, -0.15) is 0 Å². The second-order valence-electron chi connectivity index (χ2n) is 5.20. The maximum atomic E-state index is 12.5. The molecule has 112 valence electrons. The first-order valence-corrected chi connectivity index (χ1v) is 7.14. The van der Waals surface area contributed by atoms with E-state index in [0.717, 1.165) is 22.2 Å². The lowest BCUT2D eigenvalue weighted by molar-refractivity contribution is 0.0952. The molecule has 0 aliphatic heterocycles. The SMILES string of the molecule is COc1cccc(CNC(=O)c2cccc3ccn(C)c23)c1. The quantitative estimate of drug-likeness (QED) is 0.803. The minimum absolute atomic E-state index is 0.0739. The largest absolute Gasteiger partial charge is 0.497 e. The molecule has 1 heterocycles. The van der Waals surface area contributed by atoms with Gasteiger partial charge in [0.2, 0.25) is 0 Å². The standard InChI is InChI=1S/C18H18N2O2/c1-20-10-9-14-6-4-8-16(17(14)20)18(21)19-12-13-5-3-7-15(11-13)22-2/h3-11H,12H2,1-2H3,(H,19,21). The number of para-hydroxylation sites is 1. The molecule has 0 bridgehead atoms. The minimum Gasteiger partial charge on any atom is -0.497 e. The molecule has 0 aliphatic rings. The van der Waals surface area contributed by atoms with Crippen LogP contribution in [0.15, 0.2) is 54.7 Å². The van der Waals surface area contributed by atoms with Crippen molar-refractivity contribution in [2.45, 2.75) is 6.54 Å². The molecule has 0 unspecified atom stereocenters. The number of fused-ring (bicyclic) bond motifs is 1. The Bertz CT molecular complexity index is 821. The number of hydrogen-bond donors (Lipinski definition) is 1. The molecule has 4 nitrogen and oxygen atoms in total. The summed E-state index contributed by atoms with van der Waals surface area (Å²) >= 11 is 0. The molecule has 0 radical (unpaired) electrons. The fourth-order valence-electron chi connectivity index (χ4n) is 2.60. The van der Waals surface area contributed by atoms with Crippen LogP contribution in [0.1, 0.15) is 15.9 Å². The van der Waals surface area contributed by atoms with E-state index >= 15 is 0 Å².